The van der Waals surface area contributed by atoms with E-state index in [2.05, 4.69) is 6.92 Å². The van der Waals surface area contributed by atoms with Gasteiger partial charge >= 0.3 is 0 Å². The van der Waals surface area contributed by atoms with E-state index >= 15 is 0 Å². The van der Waals surface area contributed by atoms with Crippen molar-refractivity contribution in [1.29, 1.82) is 0 Å². The predicted octanol–water partition coefficient (Wildman–Crippen LogP) is 2.44. The molecule has 0 spiro atoms. The molecule has 1 aromatic rings. The number of aldehydes is 1. The standard InChI is InChI=1S/C13H19NO4S/c1-2-5-11-6-3-4-9-14(11)19(16,17)13-8-7-12(10-15)18-13/h7-8,10-11H,2-6,9H2,1H3. The molecule has 0 N–H and O–H groups in total. The van der Waals surface area contributed by atoms with Crippen molar-refractivity contribution in [2.45, 2.75) is 50.2 Å². The van der Waals surface area contributed by atoms with Crippen LogP contribution in [0.4, 0.5) is 0 Å². The van der Waals surface area contributed by atoms with Crippen molar-refractivity contribution < 1.29 is 17.6 Å². The Morgan fingerprint density at radius 3 is 2.84 bits per heavy atom. The molecule has 2 heterocycles. The summed E-state index contributed by atoms with van der Waals surface area (Å²) in [5.74, 6) is 0.0441. The number of carbonyl (C=O) groups excluding carboxylic acids is 1. The molecule has 0 aromatic carbocycles. The lowest BCUT2D eigenvalue weighted by Crippen LogP contribution is -2.43. The smallest absolute Gasteiger partial charge is 0.276 e. The Balaban J connectivity index is 2.28. The highest BCUT2D eigenvalue weighted by Crippen LogP contribution is 2.28. The molecule has 1 unspecified atom stereocenters. The number of piperidine rings is 1. The zero-order valence-electron chi connectivity index (χ0n) is 11.0. The van der Waals surface area contributed by atoms with E-state index in [0.717, 1.165) is 32.1 Å². The zero-order chi connectivity index (χ0) is 13.9. The van der Waals surface area contributed by atoms with Gasteiger partial charge in [-0.05, 0) is 31.4 Å². The Kier molecular flexibility index (Phi) is 4.42. The van der Waals surface area contributed by atoms with Gasteiger partial charge in [0, 0.05) is 12.6 Å². The molecule has 19 heavy (non-hydrogen) atoms. The van der Waals surface area contributed by atoms with Crippen molar-refractivity contribution in [2.75, 3.05) is 6.54 Å². The number of nitrogens with zero attached hydrogens (tertiary/aromatic N) is 1. The third-order valence-corrected chi connectivity index (χ3v) is 5.30. The summed E-state index contributed by atoms with van der Waals surface area (Å²) in [6.45, 7) is 2.58. The first-order valence-corrected chi connectivity index (χ1v) is 8.10. The highest BCUT2D eigenvalue weighted by molar-refractivity contribution is 7.89. The lowest BCUT2D eigenvalue weighted by molar-refractivity contribution is 0.109. The minimum absolute atomic E-state index is 0.0441. The van der Waals surface area contributed by atoms with Crippen molar-refractivity contribution in [3.63, 3.8) is 0 Å². The van der Waals surface area contributed by atoms with Gasteiger partial charge in [0.15, 0.2) is 12.0 Å². The summed E-state index contributed by atoms with van der Waals surface area (Å²) in [6.07, 6.45) is 5.16. The topological polar surface area (TPSA) is 67.6 Å². The monoisotopic (exact) mass is 285 g/mol. The van der Waals surface area contributed by atoms with Crippen LogP contribution in [0.5, 0.6) is 0 Å². The largest absolute Gasteiger partial charge is 0.440 e. The number of sulfonamides is 1. The average molecular weight is 285 g/mol. The number of furan rings is 1. The van der Waals surface area contributed by atoms with E-state index in [9.17, 15) is 13.2 Å². The minimum Gasteiger partial charge on any atom is -0.440 e. The molecule has 6 heteroatoms. The van der Waals surface area contributed by atoms with Crippen LogP contribution in [-0.2, 0) is 10.0 Å². The van der Waals surface area contributed by atoms with Crippen LogP contribution >= 0.6 is 0 Å². The Morgan fingerprint density at radius 2 is 2.21 bits per heavy atom. The molecule has 0 bridgehead atoms. The van der Waals surface area contributed by atoms with Crippen molar-refractivity contribution in [3.8, 4) is 0 Å². The van der Waals surface area contributed by atoms with Gasteiger partial charge in [-0.25, -0.2) is 8.42 Å². The lowest BCUT2D eigenvalue weighted by atomic mass is 10.0. The normalized spacial score (nSPS) is 21.4. The first kappa shape index (κ1) is 14.3. The fourth-order valence-electron chi connectivity index (χ4n) is 2.56. The average Bonchev–Trinajstić information content (AvgIpc) is 2.89. The van der Waals surface area contributed by atoms with Crippen molar-refractivity contribution in [2.24, 2.45) is 0 Å². The third kappa shape index (κ3) is 2.90. The molecule has 0 radical (unpaired) electrons. The van der Waals surface area contributed by atoms with Crippen LogP contribution < -0.4 is 0 Å². The van der Waals surface area contributed by atoms with Crippen LogP contribution in [0, 0.1) is 0 Å². The number of hydrogen-bond acceptors (Lipinski definition) is 4. The van der Waals surface area contributed by atoms with Crippen molar-refractivity contribution in [3.05, 3.63) is 17.9 Å². The van der Waals surface area contributed by atoms with Gasteiger partial charge in [0.05, 0.1) is 0 Å². The third-order valence-electron chi connectivity index (χ3n) is 3.48. The van der Waals surface area contributed by atoms with Gasteiger partial charge in [-0.3, -0.25) is 4.79 Å². The van der Waals surface area contributed by atoms with Crippen LogP contribution in [-0.4, -0.2) is 31.6 Å². The second-order valence-corrected chi connectivity index (χ2v) is 6.65. The fraction of sp³-hybridized carbons (Fsp3) is 0.615. The second kappa shape index (κ2) is 5.88. The summed E-state index contributed by atoms with van der Waals surface area (Å²) in [6, 6.07) is 2.79. The molecule has 1 fully saturated rings. The summed E-state index contributed by atoms with van der Waals surface area (Å²) in [7, 11) is -3.61. The van der Waals surface area contributed by atoms with Crippen LogP contribution in [0.15, 0.2) is 21.6 Å². The molecule has 0 aliphatic carbocycles. The summed E-state index contributed by atoms with van der Waals surface area (Å²) < 4.78 is 31.7. The molecule has 106 valence electrons. The number of rotatable bonds is 5. The maximum Gasteiger partial charge on any atom is 0.276 e. The highest BCUT2D eigenvalue weighted by atomic mass is 32.2. The molecule has 1 atom stereocenters. The summed E-state index contributed by atoms with van der Waals surface area (Å²) in [5, 5.41) is -0.127. The maximum absolute atomic E-state index is 12.5. The van der Waals surface area contributed by atoms with E-state index in [1.165, 1.54) is 16.4 Å². The number of hydrogen-bond donors (Lipinski definition) is 0. The fourth-order valence-corrected chi connectivity index (χ4v) is 4.21. The Bertz CT molecular complexity index is 533. The predicted molar refractivity (Wildman–Crippen MR) is 70.5 cm³/mol. The quantitative estimate of drug-likeness (QED) is 0.779. The van der Waals surface area contributed by atoms with Gasteiger partial charge in [-0.2, -0.15) is 4.31 Å². The first-order chi connectivity index (χ1) is 9.09. The Morgan fingerprint density at radius 1 is 1.42 bits per heavy atom. The van der Waals surface area contributed by atoms with Gasteiger partial charge in [0.1, 0.15) is 0 Å². The zero-order valence-corrected chi connectivity index (χ0v) is 11.9. The van der Waals surface area contributed by atoms with Gasteiger partial charge < -0.3 is 4.42 Å². The molecule has 0 amide bonds. The minimum atomic E-state index is -3.61. The van der Waals surface area contributed by atoms with Crippen molar-refractivity contribution >= 4 is 16.3 Å². The van der Waals surface area contributed by atoms with Gasteiger partial charge in [0.2, 0.25) is 5.09 Å². The maximum atomic E-state index is 12.5. The van der Waals surface area contributed by atoms with Crippen LogP contribution in [0.1, 0.15) is 49.6 Å². The SMILES string of the molecule is CCCC1CCCCN1S(=O)(=O)c1ccc(C=O)o1. The van der Waals surface area contributed by atoms with E-state index in [1.807, 2.05) is 0 Å². The summed E-state index contributed by atoms with van der Waals surface area (Å²) in [5.41, 5.74) is 0. The van der Waals surface area contributed by atoms with Crippen LogP contribution in [0.3, 0.4) is 0 Å². The van der Waals surface area contributed by atoms with Crippen LogP contribution in [0.25, 0.3) is 0 Å². The van der Waals surface area contributed by atoms with E-state index in [0.29, 0.717) is 12.8 Å². The van der Waals surface area contributed by atoms with Gasteiger partial charge in [-0.15, -0.1) is 0 Å². The Labute approximate surface area is 113 Å². The van der Waals surface area contributed by atoms with Gasteiger partial charge in [-0.1, -0.05) is 19.8 Å². The first-order valence-electron chi connectivity index (χ1n) is 6.66. The molecule has 1 aliphatic rings. The Hall–Kier alpha value is -1.14. The molecular weight excluding hydrogens is 266 g/mol. The van der Waals surface area contributed by atoms with E-state index in [1.54, 1.807) is 0 Å². The van der Waals surface area contributed by atoms with Gasteiger partial charge in [0.25, 0.3) is 10.0 Å². The highest BCUT2D eigenvalue weighted by Gasteiger charge is 2.34. The molecule has 1 aliphatic heterocycles. The second-order valence-electron chi connectivity index (χ2n) is 4.83. The molecule has 1 saturated heterocycles. The van der Waals surface area contributed by atoms with E-state index in [4.69, 9.17) is 4.42 Å². The summed E-state index contributed by atoms with van der Waals surface area (Å²) in [4.78, 5) is 10.6. The number of carbonyl (C=O) groups is 1. The van der Waals surface area contributed by atoms with Crippen LogP contribution in [0.2, 0.25) is 0 Å². The molecular formula is C13H19NO4S. The van der Waals surface area contributed by atoms with Crippen molar-refractivity contribution in [1.82, 2.24) is 4.31 Å². The molecule has 1 aromatic heterocycles. The summed E-state index contributed by atoms with van der Waals surface area (Å²) >= 11 is 0. The van der Waals surface area contributed by atoms with E-state index in [-0.39, 0.29) is 16.9 Å². The lowest BCUT2D eigenvalue weighted by Gasteiger charge is -2.33. The molecule has 2 rings (SSSR count). The van der Waals surface area contributed by atoms with E-state index < -0.39 is 10.0 Å². The molecule has 5 nitrogen and oxygen atoms in total. The molecule has 0 saturated carbocycles.